The molecule has 0 amide bonds. The molecule has 2 aromatic rings. The minimum Gasteiger partial charge on any atom is -0.484 e. The fraction of sp³-hybridized carbons (Fsp3) is 0.133. The van der Waals surface area contributed by atoms with E-state index in [4.69, 9.17) is 4.74 Å². The summed E-state index contributed by atoms with van der Waals surface area (Å²) >= 11 is 5.64. The van der Waals surface area contributed by atoms with Gasteiger partial charge < -0.3 is 4.74 Å². The number of ketones is 1. The zero-order valence-corrected chi connectivity index (χ0v) is 13.6. The molecule has 0 fully saturated rings. The zero-order chi connectivity index (χ0) is 13.4. The number of fused-ring (bicyclic) bond motifs is 1. The van der Waals surface area contributed by atoms with Crippen molar-refractivity contribution < 1.29 is 9.53 Å². The molecule has 0 saturated heterocycles. The maximum atomic E-state index is 12.2. The van der Waals surface area contributed by atoms with Crippen LogP contribution >= 0.6 is 38.5 Å². The predicted molar refractivity (Wildman–Crippen MR) is 85.6 cm³/mol. The Balaban J connectivity index is 1.95. The minimum absolute atomic E-state index is 0.131. The van der Waals surface area contributed by atoms with Gasteiger partial charge >= 0.3 is 0 Å². The summed E-state index contributed by atoms with van der Waals surface area (Å²) in [6.07, 6.45) is 0.211. The number of hydrogen-bond donors (Lipinski definition) is 0. The molecule has 0 aromatic heterocycles. The largest absolute Gasteiger partial charge is 0.484 e. The molecule has 1 unspecified atom stereocenters. The van der Waals surface area contributed by atoms with Crippen molar-refractivity contribution in [1.29, 1.82) is 0 Å². The first-order chi connectivity index (χ1) is 9.13. The van der Waals surface area contributed by atoms with Gasteiger partial charge in [0.25, 0.3) is 0 Å². The average Bonchev–Trinajstić information content (AvgIpc) is 2.40. The Bertz CT molecular complexity index is 637. The van der Waals surface area contributed by atoms with Gasteiger partial charge in [0.1, 0.15) is 11.9 Å². The third-order valence-electron chi connectivity index (χ3n) is 3.12. The van der Waals surface area contributed by atoms with Crippen molar-refractivity contribution in [1.82, 2.24) is 0 Å². The third-order valence-corrected chi connectivity index (χ3v) is 4.34. The van der Waals surface area contributed by atoms with E-state index in [1.54, 1.807) is 0 Å². The second-order valence-electron chi connectivity index (χ2n) is 4.43. The number of hydrogen-bond acceptors (Lipinski definition) is 2. The highest BCUT2D eigenvalue weighted by Gasteiger charge is 2.27. The van der Waals surface area contributed by atoms with Crippen molar-refractivity contribution in [2.75, 3.05) is 0 Å². The Hall–Kier alpha value is -0.880. The fourth-order valence-electron chi connectivity index (χ4n) is 2.16. The maximum absolute atomic E-state index is 12.2. The maximum Gasteiger partial charge on any atom is 0.170 e. The number of carbonyl (C=O) groups excluding carboxylic acids is 1. The zero-order valence-electron chi connectivity index (χ0n) is 9.90. The molecular formula is C15H10BrIO2. The molecule has 96 valence electrons. The molecule has 2 aromatic carbocycles. The Morgan fingerprint density at radius 1 is 1.16 bits per heavy atom. The summed E-state index contributed by atoms with van der Waals surface area (Å²) in [6.45, 7) is 0. The molecule has 0 radical (unpaired) electrons. The van der Waals surface area contributed by atoms with Gasteiger partial charge in [-0.25, -0.2) is 0 Å². The number of benzene rings is 2. The van der Waals surface area contributed by atoms with E-state index in [-0.39, 0.29) is 11.9 Å². The van der Waals surface area contributed by atoms with Crippen molar-refractivity contribution in [3.05, 3.63) is 61.6 Å². The van der Waals surface area contributed by atoms with Gasteiger partial charge in [0.15, 0.2) is 5.78 Å². The van der Waals surface area contributed by atoms with E-state index < -0.39 is 0 Å². The summed E-state index contributed by atoms with van der Waals surface area (Å²) in [6, 6.07) is 13.6. The summed E-state index contributed by atoms with van der Waals surface area (Å²) in [5.41, 5.74) is 1.71. The molecule has 0 bridgehead atoms. The predicted octanol–water partition coefficient (Wildman–Crippen LogP) is 4.76. The van der Waals surface area contributed by atoms with Crippen LogP contribution in [0.1, 0.15) is 28.4 Å². The van der Waals surface area contributed by atoms with Crippen molar-refractivity contribution >= 4 is 44.3 Å². The molecule has 2 nitrogen and oxygen atoms in total. The smallest absolute Gasteiger partial charge is 0.170 e. The van der Waals surface area contributed by atoms with Crippen LogP contribution in [0.25, 0.3) is 0 Å². The van der Waals surface area contributed by atoms with Gasteiger partial charge in [-0.05, 0) is 58.5 Å². The molecule has 1 heterocycles. The van der Waals surface area contributed by atoms with E-state index >= 15 is 0 Å². The number of Topliss-reactive ketones (excluding diaryl/α,β-unsaturated/α-hetero) is 1. The highest BCUT2D eigenvalue weighted by Crippen LogP contribution is 2.36. The second-order valence-corrected chi connectivity index (χ2v) is 6.59. The summed E-state index contributed by atoms with van der Waals surface area (Å²) in [5.74, 6) is 0.800. The van der Waals surface area contributed by atoms with Crippen LogP contribution in [0.15, 0.2) is 46.9 Å². The molecule has 19 heavy (non-hydrogen) atoms. The molecular weight excluding hydrogens is 419 g/mol. The van der Waals surface area contributed by atoms with Crippen LogP contribution in [-0.2, 0) is 0 Å². The molecule has 1 atom stereocenters. The summed E-state index contributed by atoms with van der Waals surface area (Å²) in [7, 11) is 0. The Labute approximate surface area is 133 Å². The van der Waals surface area contributed by atoms with Gasteiger partial charge in [-0.1, -0.05) is 28.1 Å². The minimum atomic E-state index is -0.182. The molecule has 0 aliphatic carbocycles. The highest BCUT2D eigenvalue weighted by molar-refractivity contribution is 14.1. The van der Waals surface area contributed by atoms with Crippen LogP contribution in [0.4, 0.5) is 0 Å². The van der Waals surface area contributed by atoms with Gasteiger partial charge in [0.2, 0.25) is 0 Å². The van der Waals surface area contributed by atoms with Crippen molar-refractivity contribution in [3.63, 3.8) is 0 Å². The topological polar surface area (TPSA) is 26.3 Å². The fourth-order valence-corrected chi connectivity index (χ4v) is 2.88. The van der Waals surface area contributed by atoms with Crippen LogP contribution in [-0.4, -0.2) is 5.78 Å². The van der Waals surface area contributed by atoms with E-state index in [2.05, 4.69) is 38.5 Å². The monoisotopic (exact) mass is 428 g/mol. The number of ether oxygens (including phenoxy) is 1. The van der Waals surface area contributed by atoms with E-state index in [0.29, 0.717) is 17.7 Å². The molecule has 1 aliphatic heterocycles. The van der Waals surface area contributed by atoms with Crippen LogP contribution in [0.2, 0.25) is 0 Å². The molecule has 4 heteroatoms. The van der Waals surface area contributed by atoms with Gasteiger partial charge in [-0.3, -0.25) is 4.79 Å². The van der Waals surface area contributed by atoms with Gasteiger partial charge in [0.05, 0.1) is 12.0 Å². The molecule has 3 rings (SSSR count). The van der Waals surface area contributed by atoms with E-state index in [9.17, 15) is 4.79 Å². The first-order valence-corrected chi connectivity index (χ1v) is 7.75. The lowest BCUT2D eigenvalue weighted by molar-refractivity contribution is 0.0850. The Morgan fingerprint density at radius 3 is 2.63 bits per heavy atom. The first-order valence-electron chi connectivity index (χ1n) is 5.88. The number of carbonyl (C=O) groups is 1. The summed E-state index contributed by atoms with van der Waals surface area (Å²) in [5, 5.41) is 0. The highest BCUT2D eigenvalue weighted by atomic mass is 127. The average molecular weight is 429 g/mol. The number of rotatable bonds is 1. The molecule has 1 aliphatic rings. The molecule has 0 spiro atoms. The van der Waals surface area contributed by atoms with Crippen molar-refractivity contribution in [2.24, 2.45) is 0 Å². The lowest BCUT2D eigenvalue weighted by atomic mass is 9.96. The van der Waals surface area contributed by atoms with Crippen LogP contribution in [0.5, 0.6) is 5.75 Å². The Morgan fingerprint density at radius 2 is 1.89 bits per heavy atom. The van der Waals surface area contributed by atoms with E-state index in [1.165, 1.54) is 3.57 Å². The lowest BCUT2D eigenvalue weighted by Gasteiger charge is -2.25. The van der Waals surface area contributed by atoms with Gasteiger partial charge in [-0.2, -0.15) is 0 Å². The standard InChI is InChI=1S/C15H10BrIO2/c16-10-3-6-14-12(7-10)13(18)8-15(19-14)9-1-4-11(17)5-2-9/h1-7,15H,8H2. The SMILES string of the molecule is O=C1CC(c2ccc(I)cc2)Oc2ccc(Br)cc21. The van der Waals surface area contributed by atoms with Gasteiger partial charge in [-0.15, -0.1) is 0 Å². The lowest BCUT2D eigenvalue weighted by Crippen LogP contribution is -2.20. The quantitative estimate of drug-likeness (QED) is 0.612. The first kappa shape index (κ1) is 13.1. The van der Waals surface area contributed by atoms with Crippen molar-refractivity contribution in [2.45, 2.75) is 12.5 Å². The second kappa shape index (κ2) is 5.25. The van der Waals surface area contributed by atoms with E-state index in [0.717, 1.165) is 10.0 Å². The third kappa shape index (κ3) is 2.69. The van der Waals surface area contributed by atoms with Crippen LogP contribution in [0.3, 0.4) is 0 Å². The Kier molecular flexibility index (Phi) is 3.62. The van der Waals surface area contributed by atoms with Crippen LogP contribution < -0.4 is 4.74 Å². The summed E-state index contributed by atoms with van der Waals surface area (Å²) in [4.78, 5) is 12.2. The van der Waals surface area contributed by atoms with Gasteiger partial charge in [0, 0.05) is 8.04 Å². The van der Waals surface area contributed by atoms with Crippen LogP contribution in [0, 0.1) is 3.57 Å². The molecule has 0 N–H and O–H groups in total. The van der Waals surface area contributed by atoms with E-state index in [1.807, 2.05) is 42.5 Å². The number of halogens is 2. The van der Waals surface area contributed by atoms with Crippen molar-refractivity contribution in [3.8, 4) is 5.75 Å². The summed E-state index contributed by atoms with van der Waals surface area (Å²) < 4.78 is 8.01. The normalized spacial score (nSPS) is 17.8. The molecule has 0 saturated carbocycles.